The van der Waals surface area contributed by atoms with Crippen molar-refractivity contribution in [2.75, 3.05) is 19.6 Å². The fourth-order valence-corrected chi connectivity index (χ4v) is 3.77. The quantitative estimate of drug-likeness (QED) is 0.840. The van der Waals surface area contributed by atoms with E-state index in [1.807, 2.05) is 0 Å². The molecule has 0 radical (unpaired) electrons. The van der Waals surface area contributed by atoms with Crippen molar-refractivity contribution in [2.45, 2.75) is 71.3 Å². The molecule has 0 aromatic rings. The van der Waals surface area contributed by atoms with Crippen molar-refractivity contribution in [1.29, 1.82) is 0 Å². The average molecular weight is 317 g/mol. The molecule has 0 saturated carbocycles. The summed E-state index contributed by atoms with van der Waals surface area (Å²) in [5, 5.41) is 3.40. The van der Waals surface area contributed by atoms with Crippen LogP contribution in [-0.4, -0.2) is 36.5 Å². The Bertz CT molecular complexity index is 305. The fraction of sp³-hybridized carbons (Fsp3) is 0.941. The number of piperidine rings is 2. The Hall–Kier alpha value is -0.280. The van der Waals surface area contributed by atoms with E-state index in [1.54, 1.807) is 0 Å². The Kier molecular flexibility index (Phi) is 8.65. The number of likely N-dealkylation sites (tertiary alicyclic amines) is 1. The van der Waals surface area contributed by atoms with Crippen LogP contribution < -0.4 is 5.32 Å². The number of nitrogens with one attached hydrogen (secondary N) is 1. The molecule has 0 aromatic heterocycles. The van der Waals surface area contributed by atoms with E-state index in [4.69, 9.17) is 0 Å². The van der Waals surface area contributed by atoms with Gasteiger partial charge in [-0.25, -0.2) is 0 Å². The van der Waals surface area contributed by atoms with E-state index in [1.165, 1.54) is 38.5 Å². The van der Waals surface area contributed by atoms with Gasteiger partial charge in [-0.3, -0.25) is 4.79 Å². The zero-order valence-corrected chi connectivity index (χ0v) is 14.6. The number of hydrogen-bond acceptors (Lipinski definition) is 2. The molecule has 0 aromatic carbocycles. The summed E-state index contributed by atoms with van der Waals surface area (Å²) in [6.07, 6.45) is 9.28. The van der Waals surface area contributed by atoms with Crippen molar-refractivity contribution in [2.24, 2.45) is 11.8 Å². The third kappa shape index (κ3) is 5.45. The molecule has 2 unspecified atom stereocenters. The summed E-state index contributed by atoms with van der Waals surface area (Å²) < 4.78 is 0. The van der Waals surface area contributed by atoms with E-state index < -0.39 is 0 Å². The second kappa shape index (κ2) is 9.68. The molecule has 2 aliphatic rings. The number of carbonyl (C=O) groups excluding carboxylic acids is 1. The van der Waals surface area contributed by atoms with Gasteiger partial charge in [0.05, 0.1) is 0 Å². The molecular formula is C17H33ClN2O. The normalized spacial score (nSPS) is 25.2. The van der Waals surface area contributed by atoms with E-state index in [-0.39, 0.29) is 12.4 Å². The summed E-state index contributed by atoms with van der Waals surface area (Å²) in [6, 6.07) is 0.509. The first-order valence-electron chi connectivity index (χ1n) is 8.72. The maximum Gasteiger partial charge on any atom is 0.222 e. The first kappa shape index (κ1) is 18.8. The van der Waals surface area contributed by atoms with Gasteiger partial charge in [-0.1, -0.05) is 20.3 Å². The second-order valence-corrected chi connectivity index (χ2v) is 6.77. The minimum absolute atomic E-state index is 0. The van der Waals surface area contributed by atoms with Gasteiger partial charge in [-0.2, -0.15) is 0 Å². The molecule has 21 heavy (non-hydrogen) atoms. The molecule has 2 rings (SSSR count). The first-order chi connectivity index (χ1) is 9.72. The Morgan fingerprint density at radius 2 is 1.95 bits per heavy atom. The molecular weight excluding hydrogens is 284 g/mol. The standard InChI is InChI=1S/C17H32N2O.ClH/c1-3-14(2)16-6-4-5-13-19(16)17(20)8-7-15-9-11-18-12-10-15;/h14-16,18H,3-13H2,1-2H3;1H. The predicted molar refractivity (Wildman–Crippen MR) is 90.9 cm³/mol. The highest BCUT2D eigenvalue weighted by Crippen LogP contribution is 2.27. The summed E-state index contributed by atoms with van der Waals surface area (Å²) in [5.41, 5.74) is 0. The Labute approximate surface area is 136 Å². The molecule has 1 N–H and O–H groups in total. The Morgan fingerprint density at radius 3 is 2.62 bits per heavy atom. The minimum atomic E-state index is 0. The maximum atomic E-state index is 12.6. The Balaban J connectivity index is 0.00000220. The van der Waals surface area contributed by atoms with Gasteiger partial charge in [0.25, 0.3) is 0 Å². The number of carbonyl (C=O) groups is 1. The van der Waals surface area contributed by atoms with Gasteiger partial charge in [0.1, 0.15) is 0 Å². The number of hydrogen-bond donors (Lipinski definition) is 1. The maximum absolute atomic E-state index is 12.6. The van der Waals surface area contributed by atoms with Gasteiger partial charge in [0.15, 0.2) is 0 Å². The number of amides is 1. The van der Waals surface area contributed by atoms with E-state index in [0.29, 0.717) is 17.9 Å². The van der Waals surface area contributed by atoms with Gasteiger partial charge in [0, 0.05) is 19.0 Å². The smallest absolute Gasteiger partial charge is 0.222 e. The average Bonchev–Trinajstić information content (AvgIpc) is 2.52. The lowest BCUT2D eigenvalue weighted by molar-refractivity contribution is -0.136. The van der Waals surface area contributed by atoms with Crippen LogP contribution in [0.2, 0.25) is 0 Å². The number of halogens is 1. The third-order valence-electron chi connectivity index (χ3n) is 5.40. The van der Waals surface area contributed by atoms with E-state index in [9.17, 15) is 4.79 Å². The van der Waals surface area contributed by atoms with Gasteiger partial charge in [-0.15, -0.1) is 12.4 Å². The van der Waals surface area contributed by atoms with Gasteiger partial charge >= 0.3 is 0 Å². The van der Waals surface area contributed by atoms with Gasteiger partial charge < -0.3 is 10.2 Å². The lowest BCUT2D eigenvalue weighted by Gasteiger charge is -2.39. The molecule has 2 saturated heterocycles. The van der Waals surface area contributed by atoms with Crippen LogP contribution in [0.15, 0.2) is 0 Å². The van der Waals surface area contributed by atoms with Crippen molar-refractivity contribution in [3.63, 3.8) is 0 Å². The Morgan fingerprint density at radius 1 is 1.24 bits per heavy atom. The zero-order valence-electron chi connectivity index (χ0n) is 13.8. The fourth-order valence-electron chi connectivity index (χ4n) is 3.77. The lowest BCUT2D eigenvalue weighted by Crippen LogP contribution is -2.47. The molecule has 3 nitrogen and oxygen atoms in total. The molecule has 4 heteroatoms. The van der Waals surface area contributed by atoms with Crippen molar-refractivity contribution in [1.82, 2.24) is 10.2 Å². The summed E-state index contributed by atoms with van der Waals surface area (Å²) in [4.78, 5) is 14.8. The summed E-state index contributed by atoms with van der Waals surface area (Å²) in [6.45, 7) is 7.83. The van der Waals surface area contributed by atoms with E-state index in [0.717, 1.165) is 38.4 Å². The van der Waals surface area contributed by atoms with Crippen LogP contribution in [0.5, 0.6) is 0 Å². The molecule has 2 fully saturated rings. The van der Waals surface area contributed by atoms with E-state index in [2.05, 4.69) is 24.1 Å². The van der Waals surface area contributed by atoms with Gasteiger partial charge in [-0.05, 0) is 63.5 Å². The molecule has 2 heterocycles. The molecule has 0 bridgehead atoms. The van der Waals surface area contributed by atoms with Crippen LogP contribution in [0.3, 0.4) is 0 Å². The summed E-state index contributed by atoms with van der Waals surface area (Å²) >= 11 is 0. The largest absolute Gasteiger partial charge is 0.339 e. The molecule has 0 aliphatic carbocycles. The highest BCUT2D eigenvalue weighted by molar-refractivity contribution is 5.85. The zero-order chi connectivity index (χ0) is 14.4. The van der Waals surface area contributed by atoms with Crippen molar-refractivity contribution < 1.29 is 4.79 Å². The van der Waals surface area contributed by atoms with Crippen LogP contribution in [0, 0.1) is 11.8 Å². The van der Waals surface area contributed by atoms with Crippen molar-refractivity contribution >= 4 is 18.3 Å². The summed E-state index contributed by atoms with van der Waals surface area (Å²) in [5.74, 6) is 1.85. The predicted octanol–water partition coefficient (Wildman–Crippen LogP) is 3.62. The van der Waals surface area contributed by atoms with Crippen LogP contribution in [0.25, 0.3) is 0 Å². The SMILES string of the molecule is CCC(C)C1CCCCN1C(=O)CCC1CCNCC1.Cl. The van der Waals surface area contributed by atoms with Crippen LogP contribution in [0.1, 0.15) is 65.2 Å². The minimum Gasteiger partial charge on any atom is -0.339 e. The molecule has 1 amide bonds. The molecule has 2 aliphatic heterocycles. The van der Waals surface area contributed by atoms with Crippen molar-refractivity contribution in [3.05, 3.63) is 0 Å². The molecule has 0 spiro atoms. The van der Waals surface area contributed by atoms with Crippen LogP contribution in [0.4, 0.5) is 0 Å². The monoisotopic (exact) mass is 316 g/mol. The molecule has 124 valence electrons. The second-order valence-electron chi connectivity index (χ2n) is 6.77. The van der Waals surface area contributed by atoms with Crippen LogP contribution >= 0.6 is 12.4 Å². The first-order valence-corrected chi connectivity index (χ1v) is 8.72. The number of nitrogens with zero attached hydrogens (tertiary/aromatic N) is 1. The van der Waals surface area contributed by atoms with Crippen molar-refractivity contribution in [3.8, 4) is 0 Å². The highest BCUT2D eigenvalue weighted by atomic mass is 35.5. The van der Waals surface area contributed by atoms with Gasteiger partial charge in [0.2, 0.25) is 5.91 Å². The highest BCUT2D eigenvalue weighted by Gasteiger charge is 2.30. The third-order valence-corrected chi connectivity index (χ3v) is 5.40. The van der Waals surface area contributed by atoms with E-state index >= 15 is 0 Å². The topological polar surface area (TPSA) is 32.3 Å². The number of rotatable bonds is 5. The molecule has 2 atom stereocenters. The summed E-state index contributed by atoms with van der Waals surface area (Å²) in [7, 11) is 0. The van der Waals surface area contributed by atoms with Crippen LogP contribution in [-0.2, 0) is 4.79 Å². The lowest BCUT2D eigenvalue weighted by atomic mass is 9.88.